The molecular formula is C35H71NO2. The van der Waals surface area contributed by atoms with Crippen LogP contribution >= 0.6 is 0 Å². The highest BCUT2D eigenvalue weighted by atomic mass is 16.3. The summed E-state index contributed by atoms with van der Waals surface area (Å²) < 4.78 is 0. The molecule has 0 aromatic rings. The quantitative estimate of drug-likeness (QED) is 0.0591. The van der Waals surface area contributed by atoms with Gasteiger partial charge in [0.1, 0.15) is 0 Å². The van der Waals surface area contributed by atoms with E-state index in [0.717, 1.165) is 19.4 Å². The standard InChI is InChI=1S/C35H71NO2/c1-3-5-7-9-11-13-15-17-18-20-22-24-26-28-30-32-36-34(33-37)35(38)31-29-27-25-23-21-19-16-14-12-10-8-6-4-2/h29,31,34-38H,3-28,30,32-33H2,1-2H3/b31-29+/t34-,35+/m0/s1. The van der Waals surface area contributed by atoms with E-state index >= 15 is 0 Å². The van der Waals surface area contributed by atoms with Gasteiger partial charge in [0.05, 0.1) is 18.8 Å². The first-order valence-electron chi connectivity index (χ1n) is 17.4. The SMILES string of the molecule is CCCCCCCCCCCCC/C=C/[C@@H](O)[C@H](CO)NCCCCCCCCCCCCCCCCC. The van der Waals surface area contributed by atoms with Crippen molar-refractivity contribution in [3.05, 3.63) is 12.2 Å². The van der Waals surface area contributed by atoms with Crippen molar-refractivity contribution in [3.8, 4) is 0 Å². The Balaban J connectivity index is 3.46. The molecule has 0 saturated heterocycles. The van der Waals surface area contributed by atoms with Gasteiger partial charge in [0.2, 0.25) is 0 Å². The zero-order valence-electron chi connectivity index (χ0n) is 26.2. The summed E-state index contributed by atoms with van der Waals surface area (Å²) in [6.45, 7) is 5.44. The molecule has 0 amide bonds. The zero-order chi connectivity index (χ0) is 27.8. The second-order valence-corrected chi connectivity index (χ2v) is 11.9. The number of rotatable bonds is 32. The average molecular weight is 538 g/mol. The molecule has 0 aliphatic carbocycles. The van der Waals surface area contributed by atoms with Gasteiger partial charge in [-0.3, -0.25) is 0 Å². The van der Waals surface area contributed by atoms with Gasteiger partial charge in [0.25, 0.3) is 0 Å². The average Bonchev–Trinajstić information content (AvgIpc) is 2.93. The topological polar surface area (TPSA) is 52.5 Å². The summed E-state index contributed by atoms with van der Waals surface area (Å²) in [6, 6.07) is -0.241. The molecule has 0 rings (SSSR count). The van der Waals surface area contributed by atoms with E-state index < -0.39 is 6.10 Å². The molecule has 0 aliphatic rings. The van der Waals surface area contributed by atoms with Gasteiger partial charge < -0.3 is 15.5 Å². The second-order valence-electron chi connectivity index (χ2n) is 11.9. The zero-order valence-corrected chi connectivity index (χ0v) is 26.2. The summed E-state index contributed by atoms with van der Waals surface area (Å²) in [4.78, 5) is 0. The molecule has 0 aromatic heterocycles. The minimum atomic E-state index is -0.593. The van der Waals surface area contributed by atoms with Gasteiger partial charge in [-0.2, -0.15) is 0 Å². The van der Waals surface area contributed by atoms with Gasteiger partial charge in [-0.25, -0.2) is 0 Å². The molecule has 0 radical (unpaired) electrons. The lowest BCUT2D eigenvalue weighted by Crippen LogP contribution is -2.42. The van der Waals surface area contributed by atoms with Crippen LogP contribution < -0.4 is 5.32 Å². The highest BCUT2D eigenvalue weighted by Gasteiger charge is 2.14. The number of hydrogen-bond donors (Lipinski definition) is 3. The van der Waals surface area contributed by atoms with Crippen LogP contribution in [0, 0.1) is 0 Å². The Morgan fingerprint density at radius 3 is 1.21 bits per heavy atom. The van der Waals surface area contributed by atoms with Gasteiger partial charge in [-0.1, -0.05) is 180 Å². The van der Waals surface area contributed by atoms with E-state index in [0.29, 0.717) is 0 Å². The van der Waals surface area contributed by atoms with Crippen molar-refractivity contribution in [1.82, 2.24) is 5.32 Å². The molecule has 228 valence electrons. The van der Waals surface area contributed by atoms with Crippen LogP contribution in [0.15, 0.2) is 12.2 Å². The Morgan fingerprint density at radius 2 is 0.842 bits per heavy atom. The van der Waals surface area contributed by atoms with E-state index in [2.05, 4.69) is 25.2 Å². The predicted molar refractivity (Wildman–Crippen MR) is 170 cm³/mol. The molecule has 0 aliphatic heterocycles. The van der Waals surface area contributed by atoms with Crippen LogP contribution in [-0.2, 0) is 0 Å². The Morgan fingerprint density at radius 1 is 0.500 bits per heavy atom. The molecule has 0 heterocycles. The third-order valence-corrected chi connectivity index (χ3v) is 8.10. The molecule has 0 fully saturated rings. The van der Waals surface area contributed by atoms with Crippen molar-refractivity contribution in [2.75, 3.05) is 13.2 Å². The van der Waals surface area contributed by atoms with Gasteiger partial charge in [-0.15, -0.1) is 0 Å². The monoisotopic (exact) mass is 538 g/mol. The van der Waals surface area contributed by atoms with Gasteiger partial charge >= 0.3 is 0 Å². The lowest BCUT2D eigenvalue weighted by Gasteiger charge is -2.19. The number of nitrogens with one attached hydrogen (secondary N) is 1. The molecule has 3 heteroatoms. The molecule has 2 atom stereocenters. The number of hydrogen-bond acceptors (Lipinski definition) is 3. The third kappa shape index (κ3) is 28.6. The molecular weight excluding hydrogens is 466 g/mol. The molecule has 3 nitrogen and oxygen atoms in total. The molecule has 0 unspecified atom stereocenters. The fourth-order valence-electron chi connectivity index (χ4n) is 5.37. The number of unbranched alkanes of at least 4 members (excludes halogenated alkanes) is 25. The largest absolute Gasteiger partial charge is 0.395 e. The van der Waals surface area contributed by atoms with Crippen LogP contribution in [0.2, 0.25) is 0 Å². The van der Waals surface area contributed by atoms with Crippen molar-refractivity contribution in [2.24, 2.45) is 0 Å². The van der Waals surface area contributed by atoms with Crippen molar-refractivity contribution in [3.63, 3.8) is 0 Å². The van der Waals surface area contributed by atoms with E-state index in [1.165, 1.54) is 161 Å². The molecule has 0 aromatic carbocycles. The van der Waals surface area contributed by atoms with Crippen LogP contribution in [0.4, 0.5) is 0 Å². The third-order valence-electron chi connectivity index (χ3n) is 8.10. The van der Waals surface area contributed by atoms with Crippen molar-refractivity contribution < 1.29 is 10.2 Å². The van der Waals surface area contributed by atoms with E-state index in [1.54, 1.807) is 0 Å². The fraction of sp³-hybridized carbons (Fsp3) is 0.943. The van der Waals surface area contributed by atoms with Gasteiger partial charge in [-0.05, 0) is 25.8 Å². The fourth-order valence-corrected chi connectivity index (χ4v) is 5.37. The molecule has 38 heavy (non-hydrogen) atoms. The smallest absolute Gasteiger partial charge is 0.0896 e. The number of aliphatic hydroxyl groups excluding tert-OH is 2. The summed E-state index contributed by atoms with van der Waals surface area (Å²) in [5.41, 5.74) is 0. The Labute approximate surface area is 240 Å². The van der Waals surface area contributed by atoms with Crippen molar-refractivity contribution >= 4 is 0 Å². The van der Waals surface area contributed by atoms with E-state index in [9.17, 15) is 10.2 Å². The van der Waals surface area contributed by atoms with Crippen molar-refractivity contribution in [1.29, 1.82) is 0 Å². The summed E-state index contributed by atoms with van der Waals surface area (Å²) in [5.74, 6) is 0. The molecule has 0 bridgehead atoms. The van der Waals surface area contributed by atoms with E-state index in [1.807, 2.05) is 6.08 Å². The lowest BCUT2D eigenvalue weighted by molar-refractivity contribution is 0.123. The first kappa shape index (κ1) is 37.6. The van der Waals surface area contributed by atoms with Crippen LogP contribution in [0.5, 0.6) is 0 Å². The lowest BCUT2D eigenvalue weighted by atomic mass is 10.0. The summed E-state index contributed by atoms with van der Waals surface area (Å²) in [7, 11) is 0. The maximum absolute atomic E-state index is 10.4. The Kier molecular flexibility index (Phi) is 32.5. The minimum Gasteiger partial charge on any atom is -0.395 e. The highest BCUT2D eigenvalue weighted by Crippen LogP contribution is 2.14. The van der Waals surface area contributed by atoms with Gasteiger partial charge in [0.15, 0.2) is 0 Å². The minimum absolute atomic E-state index is 0.0112. The van der Waals surface area contributed by atoms with Crippen LogP contribution in [-0.4, -0.2) is 35.5 Å². The van der Waals surface area contributed by atoms with E-state index in [4.69, 9.17) is 0 Å². The second kappa shape index (κ2) is 32.8. The summed E-state index contributed by atoms with van der Waals surface area (Å²) in [6.07, 6.45) is 40.0. The maximum Gasteiger partial charge on any atom is 0.0896 e. The molecule has 0 spiro atoms. The Bertz CT molecular complexity index is 453. The van der Waals surface area contributed by atoms with Gasteiger partial charge in [0, 0.05) is 0 Å². The first-order chi connectivity index (χ1) is 18.8. The summed E-state index contributed by atoms with van der Waals surface area (Å²) >= 11 is 0. The van der Waals surface area contributed by atoms with Crippen LogP contribution in [0.3, 0.4) is 0 Å². The highest BCUT2D eigenvalue weighted by molar-refractivity contribution is 4.94. The Hall–Kier alpha value is -0.380. The molecule has 3 N–H and O–H groups in total. The summed E-state index contributed by atoms with van der Waals surface area (Å²) in [5, 5.41) is 23.4. The van der Waals surface area contributed by atoms with E-state index in [-0.39, 0.29) is 12.6 Å². The first-order valence-corrected chi connectivity index (χ1v) is 17.4. The normalized spacial score (nSPS) is 13.5. The number of aliphatic hydroxyl groups is 2. The number of allylic oxidation sites excluding steroid dienone is 1. The van der Waals surface area contributed by atoms with Crippen LogP contribution in [0.1, 0.15) is 187 Å². The van der Waals surface area contributed by atoms with Crippen LogP contribution in [0.25, 0.3) is 0 Å². The maximum atomic E-state index is 10.4. The predicted octanol–water partition coefficient (Wildman–Crippen LogP) is 10.4. The van der Waals surface area contributed by atoms with Crippen molar-refractivity contribution in [2.45, 2.75) is 199 Å². The molecule has 0 saturated carbocycles.